The summed E-state index contributed by atoms with van der Waals surface area (Å²) >= 11 is 0. The molecule has 2 rings (SSSR count). The molecule has 1 N–H and O–H groups in total. The van der Waals surface area contributed by atoms with Crippen LogP contribution in [0.1, 0.15) is 36.4 Å². The van der Waals surface area contributed by atoms with Crippen LogP contribution in [0, 0.1) is 13.8 Å². The van der Waals surface area contributed by atoms with Gasteiger partial charge in [0, 0.05) is 54.9 Å². The highest BCUT2D eigenvalue weighted by Crippen LogP contribution is 2.23. The molecule has 0 saturated heterocycles. The molecule has 4 heteroatoms. The van der Waals surface area contributed by atoms with Crippen LogP contribution in [0.15, 0.2) is 29.0 Å². The van der Waals surface area contributed by atoms with Crippen LogP contribution >= 0.6 is 0 Å². The first-order valence-electron chi connectivity index (χ1n) is 7.40. The molecule has 0 amide bonds. The summed E-state index contributed by atoms with van der Waals surface area (Å²) in [6, 6.07) is 4.64. The molecule has 0 aliphatic carbocycles. The highest BCUT2D eigenvalue weighted by Gasteiger charge is 2.11. The van der Waals surface area contributed by atoms with Crippen LogP contribution in [-0.4, -0.2) is 18.1 Å². The molecule has 0 unspecified atom stereocenters. The quantitative estimate of drug-likeness (QED) is 0.884. The van der Waals surface area contributed by atoms with E-state index in [4.69, 9.17) is 4.42 Å². The molecule has 0 bridgehead atoms. The van der Waals surface area contributed by atoms with Gasteiger partial charge in [-0.2, -0.15) is 0 Å². The van der Waals surface area contributed by atoms with E-state index in [0.717, 1.165) is 24.5 Å². The van der Waals surface area contributed by atoms with Crippen molar-refractivity contribution in [3.63, 3.8) is 0 Å². The van der Waals surface area contributed by atoms with E-state index in [-0.39, 0.29) is 0 Å². The van der Waals surface area contributed by atoms with Gasteiger partial charge in [-0.05, 0) is 26.0 Å². The van der Waals surface area contributed by atoms with Crippen molar-refractivity contribution < 1.29 is 4.42 Å². The summed E-state index contributed by atoms with van der Waals surface area (Å²) in [5.41, 5.74) is 4.69. The van der Waals surface area contributed by atoms with Crippen LogP contribution in [0.25, 0.3) is 0 Å². The molecule has 4 nitrogen and oxygen atoms in total. The summed E-state index contributed by atoms with van der Waals surface area (Å²) in [7, 11) is 2.11. The van der Waals surface area contributed by atoms with E-state index in [0.29, 0.717) is 6.04 Å². The van der Waals surface area contributed by atoms with E-state index >= 15 is 0 Å². The number of nitrogens with one attached hydrogen (secondary N) is 1. The monoisotopic (exact) mass is 287 g/mol. The van der Waals surface area contributed by atoms with Crippen LogP contribution in [0.2, 0.25) is 0 Å². The first-order chi connectivity index (χ1) is 9.97. The smallest absolute Gasteiger partial charge is 0.105 e. The third-order valence-corrected chi connectivity index (χ3v) is 3.58. The molecule has 2 aromatic rings. The lowest BCUT2D eigenvalue weighted by molar-refractivity contribution is 0.529. The van der Waals surface area contributed by atoms with Gasteiger partial charge in [0.1, 0.15) is 5.76 Å². The van der Waals surface area contributed by atoms with Crippen molar-refractivity contribution in [2.45, 2.75) is 46.8 Å². The van der Waals surface area contributed by atoms with Crippen molar-refractivity contribution >= 4 is 5.69 Å². The molecular weight excluding hydrogens is 262 g/mol. The fourth-order valence-corrected chi connectivity index (χ4v) is 2.30. The van der Waals surface area contributed by atoms with Gasteiger partial charge < -0.3 is 14.6 Å². The lowest BCUT2D eigenvalue weighted by Crippen LogP contribution is -2.25. The number of rotatable bonds is 6. The predicted molar refractivity (Wildman–Crippen MR) is 86.5 cm³/mol. The Hall–Kier alpha value is -1.81. The van der Waals surface area contributed by atoms with E-state index < -0.39 is 0 Å². The van der Waals surface area contributed by atoms with E-state index in [1.165, 1.54) is 16.8 Å². The molecular formula is C17H25N3O. The fraction of sp³-hybridized carbons (Fsp3) is 0.471. The maximum absolute atomic E-state index is 5.38. The second kappa shape index (κ2) is 6.76. The second-order valence-electron chi connectivity index (χ2n) is 5.85. The molecule has 0 aliphatic heterocycles. The average molecular weight is 287 g/mol. The Kier molecular flexibility index (Phi) is 5.02. The van der Waals surface area contributed by atoms with E-state index in [2.05, 4.69) is 42.2 Å². The molecule has 0 saturated carbocycles. The largest absolute Gasteiger partial charge is 0.469 e. The minimum atomic E-state index is 0.459. The van der Waals surface area contributed by atoms with E-state index in [1.807, 2.05) is 26.1 Å². The van der Waals surface area contributed by atoms with Crippen LogP contribution < -0.4 is 10.2 Å². The van der Waals surface area contributed by atoms with Crippen LogP contribution in [-0.2, 0) is 13.1 Å². The number of hydrogen-bond acceptors (Lipinski definition) is 4. The molecule has 0 spiro atoms. The molecule has 2 aromatic heterocycles. The van der Waals surface area contributed by atoms with Crippen molar-refractivity contribution in [2.24, 2.45) is 0 Å². The van der Waals surface area contributed by atoms with Gasteiger partial charge in [-0.1, -0.05) is 13.8 Å². The first kappa shape index (κ1) is 15.6. The Labute approximate surface area is 127 Å². The molecule has 0 fully saturated rings. The number of pyridine rings is 1. The SMILES string of the molecule is Cc1cc(N(C)Cc2ccoc2C)c(CNC(C)C)cn1. The number of furan rings is 1. The molecule has 0 radical (unpaired) electrons. The van der Waals surface area contributed by atoms with Gasteiger partial charge in [-0.25, -0.2) is 0 Å². The predicted octanol–water partition coefficient (Wildman–Crippen LogP) is 3.43. The van der Waals surface area contributed by atoms with Crippen molar-refractivity contribution in [1.82, 2.24) is 10.3 Å². The zero-order valence-corrected chi connectivity index (χ0v) is 13.6. The summed E-state index contributed by atoms with van der Waals surface area (Å²) in [5.74, 6) is 0.981. The van der Waals surface area contributed by atoms with E-state index in [1.54, 1.807) is 6.26 Å². The van der Waals surface area contributed by atoms with Crippen LogP contribution in [0.4, 0.5) is 5.69 Å². The van der Waals surface area contributed by atoms with Crippen molar-refractivity contribution in [1.29, 1.82) is 0 Å². The molecule has 0 atom stereocenters. The molecule has 114 valence electrons. The maximum atomic E-state index is 5.38. The first-order valence-corrected chi connectivity index (χ1v) is 7.40. The topological polar surface area (TPSA) is 41.3 Å². The third kappa shape index (κ3) is 4.08. The number of nitrogens with zero attached hydrogens (tertiary/aromatic N) is 2. The minimum Gasteiger partial charge on any atom is -0.469 e. The van der Waals surface area contributed by atoms with Crippen molar-refractivity contribution in [3.8, 4) is 0 Å². The van der Waals surface area contributed by atoms with Gasteiger partial charge in [0.25, 0.3) is 0 Å². The summed E-state index contributed by atoms with van der Waals surface area (Å²) in [6.07, 6.45) is 3.72. The highest BCUT2D eigenvalue weighted by atomic mass is 16.3. The zero-order valence-electron chi connectivity index (χ0n) is 13.6. The minimum absolute atomic E-state index is 0.459. The Morgan fingerprint density at radius 3 is 2.67 bits per heavy atom. The van der Waals surface area contributed by atoms with Gasteiger partial charge >= 0.3 is 0 Å². The standard InChI is InChI=1S/C17H25N3O/c1-12(2)18-9-16-10-19-13(3)8-17(16)20(5)11-15-6-7-21-14(15)4/h6-8,10,12,18H,9,11H2,1-5H3. The van der Waals surface area contributed by atoms with E-state index in [9.17, 15) is 0 Å². The lowest BCUT2D eigenvalue weighted by Gasteiger charge is -2.23. The van der Waals surface area contributed by atoms with Crippen molar-refractivity contribution in [3.05, 3.63) is 47.2 Å². The summed E-state index contributed by atoms with van der Waals surface area (Å²) in [5, 5.41) is 3.46. The number of anilines is 1. The normalized spacial score (nSPS) is 11.1. The van der Waals surface area contributed by atoms with Crippen molar-refractivity contribution in [2.75, 3.05) is 11.9 Å². The summed E-state index contributed by atoms with van der Waals surface area (Å²) in [4.78, 5) is 6.68. The Morgan fingerprint density at radius 2 is 2.05 bits per heavy atom. The number of aryl methyl sites for hydroxylation is 2. The Balaban J connectivity index is 2.20. The average Bonchev–Trinajstić information content (AvgIpc) is 2.82. The van der Waals surface area contributed by atoms with Gasteiger partial charge in [-0.15, -0.1) is 0 Å². The molecule has 0 aliphatic rings. The van der Waals surface area contributed by atoms with Gasteiger partial charge in [0.15, 0.2) is 0 Å². The van der Waals surface area contributed by atoms with Gasteiger partial charge in [-0.3, -0.25) is 4.98 Å². The van der Waals surface area contributed by atoms with Crippen LogP contribution in [0.5, 0.6) is 0 Å². The highest BCUT2D eigenvalue weighted by molar-refractivity contribution is 5.53. The zero-order chi connectivity index (χ0) is 15.4. The number of aromatic nitrogens is 1. The maximum Gasteiger partial charge on any atom is 0.105 e. The third-order valence-electron chi connectivity index (χ3n) is 3.58. The summed E-state index contributed by atoms with van der Waals surface area (Å²) < 4.78 is 5.38. The molecule has 0 aromatic carbocycles. The van der Waals surface area contributed by atoms with Gasteiger partial charge in [0.2, 0.25) is 0 Å². The second-order valence-corrected chi connectivity index (χ2v) is 5.85. The molecule has 21 heavy (non-hydrogen) atoms. The lowest BCUT2D eigenvalue weighted by atomic mass is 10.1. The Morgan fingerprint density at radius 1 is 1.29 bits per heavy atom. The summed E-state index contributed by atoms with van der Waals surface area (Å²) in [6.45, 7) is 10.00. The van der Waals surface area contributed by atoms with Crippen LogP contribution in [0.3, 0.4) is 0 Å². The molecule has 2 heterocycles. The Bertz CT molecular complexity index is 589. The number of hydrogen-bond donors (Lipinski definition) is 1. The van der Waals surface area contributed by atoms with Gasteiger partial charge in [0.05, 0.1) is 6.26 Å². The fourth-order valence-electron chi connectivity index (χ4n) is 2.30.